The Labute approximate surface area is 128 Å². The van der Waals surface area contributed by atoms with Gasteiger partial charge < -0.3 is 10.1 Å². The van der Waals surface area contributed by atoms with Crippen molar-refractivity contribution in [2.75, 3.05) is 23.4 Å². The van der Waals surface area contributed by atoms with E-state index in [4.69, 9.17) is 17.0 Å². The number of ether oxygens (including phenoxy) is 1. The second kappa shape index (κ2) is 5.93. The molecule has 5 heteroatoms. The van der Waals surface area contributed by atoms with E-state index in [1.54, 1.807) is 4.90 Å². The van der Waals surface area contributed by atoms with Gasteiger partial charge in [0.05, 0.1) is 17.2 Å². The molecule has 1 heterocycles. The van der Waals surface area contributed by atoms with Crippen LogP contribution in [-0.4, -0.2) is 24.0 Å². The first-order valence-corrected chi connectivity index (χ1v) is 7.02. The number of fused-ring (bicyclic) bond motifs is 1. The molecular formula is C16H14N2O2S. The quantitative estimate of drug-likeness (QED) is 0.885. The fourth-order valence-electron chi connectivity index (χ4n) is 2.19. The molecule has 1 amide bonds. The number of thiocarbonyl (C=S) groups is 1. The van der Waals surface area contributed by atoms with E-state index in [0.717, 1.165) is 11.4 Å². The van der Waals surface area contributed by atoms with E-state index in [1.807, 2.05) is 54.6 Å². The SMILES string of the molecule is O=C1COc2ccccc2N1CC(=S)Nc1ccccc1. The zero-order valence-electron chi connectivity index (χ0n) is 11.3. The van der Waals surface area contributed by atoms with Crippen LogP contribution in [0.3, 0.4) is 0 Å². The summed E-state index contributed by atoms with van der Waals surface area (Å²) < 4.78 is 5.41. The normalized spacial score (nSPS) is 13.3. The predicted molar refractivity (Wildman–Crippen MR) is 87.0 cm³/mol. The lowest BCUT2D eigenvalue weighted by Gasteiger charge is -2.29. The van der Waals surface area contributed by atoms with Crippen LogP contribution >= 0.6 is 12.2 Å². The minimum atomic E-state index is -0.0917. The number of para-hydroxylation sites is 3. The molecule has 2 aromatic carbocycles. The van der Waals surface area contributed by atoms with E-state index in [-0.39, 0.29) is 12.5 Å². The number of carbonyl (C=O) groups excluding carboxylic acids is 1. The largest absolute Gasteiger partial charge is 0.482 e. The number of hydrogen-bond acceptors (Lipinski definition) is 3. The molecule has 0 aliphatic carbocycles. The molecule has 0 atom stereocenters. The Hall–Kier alpha value is -2.40. The maximum atomic E-state index is 12.1. The van der Waals surface area contributed by atoms with Gasteiger partial charge in [0, 0.05) is 5.69 Å². The van der Waals surface area contributed by atoms with Crippen molar-refractivity contribution in [3.8, 4) is 5.75 Å². The lowest BCUT2D eigenvalue weighted by atomic mass is 10.2. The van der Waals surface area contributed by atoms with Crippen LogP contribution < -0.4 is 15.0 Å². The van der Waals surface area contributed by atoms with Crippen molar-refractivity contribution in [3.63, 3.8) is 0 Å². The number of nitrogens with zero attached hydrogens (tertiary/aromatic N) is 1. The Morgan fingerprint density at radius 2 is 1.86 bits per heavy atom. The van der Waals surface area contributed by atoms with E-state index >= 15 is 0 Å². The Kier molecular flexibility index (Phi) is 3.83. The summed E-state index contributed by atoms with van der Waals surface area (Å²) in [7, 11) is 0. The van der Waals surface area contributed by atoms with Crippen molar-refractivity contribution in [1.29, 1.82) is 0 Å². The molecule has 0 unspecified atom stereocenters. The second-order valence-corrected chi connectivity index (χ2v) is 5.14. The number of amides is 1. The van der Waals surface area contributed by atoms with Gasteiger partial charge in [0.25, 0.3) is 5.91 Å². The molecule has 1 N–H and O–H groups in total. The van der Waals surface area contributed by atoms with Crippen LogP contribution in [0.1, 0.15) is 0 Å². The summed E-state index contributed by atoms with van der Waals surface area (Å²) in [4.78, 5) is 14.3. The van der Waals surface area contributed by atoms with Gasteiger partial charge in [0.15, 0.2) is 6.61 Å². The lowest BCUT2D eigenvalue weighted by molar-refractivity contribution is -0.121. The van der Waals surface area contributed by atoms with Crippen molar-refractivity contribution in [1.82, 2.24) is 0 Å². The summed E-state index contributed by atoms with van der Waals surface area (Å²) in [5, 5.41) is 3.14. The number of carbonyl (C=O) groups is 1. The fraction of sp³-hybridized carbons (Fsp3) is 0.125. The number of anilines is 2. The Morgan fingerprint density at radius 3 is 2.67 bits per heavy atom. The number of hydrogen-bond donors (Lipinski definition) is 1. The highest BCUT2D eigenvalue weighted by molar-refractivity contribution is 7.80. The van der Waals surface area contributed by atoms with Crippen molar-refractivity contribution in [3.05, 3.63) is 54.6 Å². The molecule has 21 heavy (non-hydrogen) atoms. The highest BCUT2D eigenvalue weighted by Gasteiger charge is 2.25. The molecule has 0 radical (unpaired) electrons. The van der Waals surface area contributed by atoms with Crippen molar-refractivity contribution >= 4 is 34.5 Å². The molecule has 4 nitrogen and oxygen atoms in total. The molecule has 0 aromatic heterocycles. The monoisotopic (exact) mass is 298 g/mol. The standard InChI is InChI=1S/C16H14N2O2S/c19-16-11-20-14-9-5-4-8-13(14)18(16)10-15(21)17-12-6-2-1-3-7-12/h1-9H,10-11H2,(H,17,21). The zero-order chi connectivity index (χ0) is 14.7. The smallest absolute Gasteiger partial charge is 0.265 e. The number of nitrogens with one attached hydrogen (secondary N) is 1. The molecule has 2 aromatic rings. The van der Waals surface area contributed by atoms with E-state index in [2.05, 4.69) is 5.32 Å². The summed E-state index contributed by atoms with van der Waals surface area (Å²) in [6.45, 7) is 0.383. The third kappa shape index (κ3) is 3.03. The van der Waals surface area contributed by atoms with Crippen LogP contribution in [0.4, 0.5) is 11.4 Å². The Morgan fingerprint density at radius 1 is 1.14 bits per heavy atom. The fourth-order valence-corrected chi connectivity index (χ4v) is 2.44. The summed E-state index contributed by atoms with van der Waals surface area (Å²) >= 11 is 5.35. The Balaban J connectivity index is 1.75. The first-order chi connectivity index (χ1) is 10.2. The number of rotatable bonds is 3. The molecule has 1 aliphatic rings. The van der Waals surface area contributed by atoms with Gasteiger partial charge in [0.2, 0.25) is 0 Å². The maximum Gasteiger partial charge on any atom is 0.265 e. The minimum Gasteiger partial charge on any atom is -0.482 e. The van der Waals surface area contributed by atoms with Crippen molar-refractivity contribution in [2.45, 2.75) is 0 Å². The summed E-state index contributed by atoms with van der Waals surface area (Å²) in [6.07, 6.45) is 0. The predicted octanol–water partition coefficient (Wildman–Crippen LogP) is 2.85. The van der Waals surface area contributed by atoms with Gasteiger partial charge in [-0.2, -0.15) is 0 Å². The highest BCUT2D eigenvalue weighted by Crippen LogP contribution is 2.31. The molecule has 3 rings (SSSR count). The third-order valence-electron chi connectivity index (χ3n) is 3.17. The number of benzene rings is 2. The van der Waals surface area contributed by atoms with Gasteiger partial charge in [-0.05, 0) is 24.3 Å². The van der Waals surface area contributed by atoms with Gasteiger partial charge >= 0.3 is 0 Å². The molecule has 0 spiro atoms. The molecule has 1 aliphatic heterocycles. The van der Waals surface area contributed by atoms with Crippen LogP contribution in [0.25, 0.3) is 0 Å². The van der Waals surface area contributed by atoms with Gasteiger partial charge in [0.1, 0.15) is 5.75 Å². The lowest BCUT2D eigenvalue weighted by Crippen LogP contribution is -2.42. The van der Waals surface area contributed by atoms with Crippen LogP contribution in [0.15, 0.2) is 54.6 Å². The minimum absolute atomic E-state index is 0.0466. The van der Waals surface area contributed by atoms with Crippen LogP contribution in [0, 0.1) is 0 Å². The topological polar surface area (TPSA) is 41.6 Å². The molecule has 0 fully saturated rings. The molecule has 0 saturated carbocycles. The van der Waals surface area contributed by atoms with E-state index in [9.17, 15) is 4.79 Å². The third-order valence-corrected chi connectivity index (χ3v) is 3.40. The van der Waals surface area contributed by atoms with Gasteiger partial charge in [-0.3, -0.25) is 9.69 Å². The van der Waals surface area contributed by atoms with Gasteiger partial charge in [-0.25, -0.2) is 0 Å². The van der Waals surface area contributed by atoms with Gasteiger partial charge in [-0.1, -0.05) is 42.5 Å². The summed E-state index contributed by atoms with van der Waals surface area (Å²) in [5.74, 6) is 0.616. The summed E-state index contributed by atoms with van der Waals surface area (Å²) in [6, 6.07) is 17.1. The summed E-state index contributed by atoms with van der Waals surface area (Å²) in [5.41, 5.74) is 1.67. The maximum absolute atomic E-state index is 12.1. The van der Waals surface area contributed by atoms with E-state index < -0.39 is 0 Å². The van der Waals surface area contributed by atoms with Crippen molar-refractivity contribution in [2.24, 2.45) is 0 Å². The molecule has 106 valence electrons. The first kappa shape index (κ1) is 13.6. The second-order valence-electron chi connectivity index (χ2n) is 4.65. The first-order valence-electron chi connectivity index (χ1n) is 6.61. The highest BCUT2D eigenvalue weighted by atomic mass is 32.1. The average molecular weight is 298 g/mol. The molecular weight excluding hydrogens is 284 g/mol. The average Bonchev–Trinajstić information content (AvgIpc) is 2.51. The Bertz CT molecular complexity index is 673. The van der Waals surface area contributed by atoms with E-state index in [1.165, 1.54) is 0 Å². The van der Waals surface area contributed by atoms with Crippen LogP contribution in [0.5, 0.6) is 5.75 Å². The molecule has 0 saturated heterocycles. The zero-order valence-corrected chi connectivity index (χ0v) is 12.1. The van der Waals surface area contributed by atoms with Crippen LogP contribution in [-0.2, 0) is 4.79 Å². The molecule has 0 bridgehead atoms. The van der Waals surface area contributed by atoms with Crippen LogP contribution in [0.2, 0.25) is 0 Å². The van der Waals surface area contributed by atoms with Crippen molar-refractivity contribution < 1.29 is 9.53 Å². The van der Waals surface area contributed by atoms with Gasteiger partial charge in [-0.15, -0.1) is 0 Å². The van der Waals surface area contributed by atoms with E-state index in [0.29, 0.717) is 17.3 Å².